The standard InChI is InChI=1S/C16H15N7/c1-2-18-16-21-8-5-11(22-16)13-10-4-3-7-19-14(10)23-12(13)6-9-20-15(23)17/h3-9H,2H2,1H3,(H2,17,20)(H,18,21,22). The lowest BCUT2D eigenvalue weighted by Crippen LogP contribution is -2.02. The number of hydrogen-bond acceptors (Lipinski definition) is 6. The van der Waals surface area contributed by atoms with Gasteiger partial charge in [-0.05, 0) is 31.2 Å². The first-order valence-corrected chi connectivity index (χ1v) is 7.36. The molecule has 3 N–H and O–H groups in total. The van der Waals surface area contributed by atoms with Gasteiger partial charge in [0.1, 0.15) is 5.65 Å². The van der Waals surface area contributed by atoms with Crippen LogP contribution in [0, 0.1) is 0 Å². The first-order chi connectivity index (χ1) is 11.3. The monoisotopic (exact) mass is 305 g/mol. The number of nitrogen functional groups attached to an aromatic ring is 1. The van der Waals surface area contributed by atoms with Gasteiger partial charge in [-0.25, -0.2) is 19.9 Å². The molecule has 0 radical (unpaired) electrons. The van der Waals surface area contributed by atoms with Crippen molar-refractivity contribution in [3.63, 3.8) is 0 Å². The van der Waals surface area contributed by atoms with E-state index in [9.17, 15) is 0 Å². The molecule has 0 amide bonds. The molecule has 0 saturated heterocycles. The molecule has 7 heteroatoms. The highest BCUT2D eigenvalue weighted by atomic mass is 15.1. The van der Waals surface area contributed by atoms with Crippen molar-refractivity contribution in [3.05, 3.63) is 42.9 Å². The Morgan fingerprint density at radius 2 is 1.96 bits per heavy atom. The summed E-state index contributed by atoms with van der Waals surface area (Å²) in [5.41, 5.74) is 9.55. The summed E-state index contributed by atoms with van der Waals surface area (Å²) in [4.78, 5) is 17.5. The van der Waals surface area contributed by atoms with Crippen LogP contribution in [0.1, 0.15) is 6.92 Å². The lowest BCUT2D eigenvalue weighted by Gasteiger charge is -2.05. The number of rotatable bonds is 3. The Morgan fingerprint density at radius 3 is 2.83 bits per heavy atom. The van der Waals surface area contributed by atoms with Gasteiger partial charge in [0.15, 0.2) is 0 Å². The third kappa shape index (κ3) is 2.05. The second-order valence-corrected chi connectivity index (χ2v) is 5.07. The zero-order valence-electron chi connectivity index (χ0n) is 12.6. The fraction of sp³-hybridized carbons (Fsp3) is 0.125. The molecule has 7 nitrogen and oxygen atoms in total. The molecule has 0 aliphatic carbocycles. The van der Waals surface area contributed by atoms with Crippen LogP contribution in [0.4, 0.5) is 11.9 Å². The van der Waals surface area contributed by atoms with Gasteiger partial charge in [-0.2, -0.15) is 0 Å². The number of nitrogens with one attached hydrogen (secondary N) is 1. The zero-order chi connectivity index (χ0) is 15.8. The molecule has 4 aromatic rings. The molecule has 0 saturated carbocycles. The van der Waals surface area contributed by atoms with E-state index < -0.39 is 0 Å². The van der Waals surface area contributed by atoms with Crippen LogP contribution < -0.4 is 11.1 Å². The summed E-state index contributed by atoms with van der Waals surface area (Å²) < 4.78 is 1.85. The van der Waals surface area contributed by atoms with Gasteiger partial charge in [0.2, 0.25) is 11.9 Å². The summed E-state index contributed by atoms with van der Waals surface area (Å²) in [6.45, 7) is 2.77. The minimum Gasteiger partial charge on any atom is -0.369 e. The van der Waals surface area contributed by atoms with E-state index in [-0.39, 0.29) is 0 Å². The summed E-state index contributed by atoms with van der Waals surface area (Å²) in [6.07, 6.45) is 5.19. The normalized spacial score (nSPS) is 11.2. The van der Waals surface area contributed by atoms with Crippen LogP contribution in [0.3, 0.4) is 0 Å². The Balaban J connectivity index is 2.09. The number of nitrogens with zero attached hydrogens (tertiary/aromatic N) is 5. The van der Waals surface area contributed by atoms with E-state index in [1.165, 1.54) is 0 Å². The lowest BCUT2D eigenvalue weighted by atomic mass is 10.1. The average molecular weight is 305 g/mol. The van der Waals surface area contributed by atoms with Crippen LogP contribution in [0.25, 0.3) is 27.8 Å². The molecule has 0 aliphatic heterocycles. The third-order valence-corrected chi connectivity index (χ3v) is 3.68. The molecule has 0 bridgehead atoms. The van der Waals surface area contributed by atoms with E-state index in [1.54, 1.807) is 18.6 Å². The number of aromatic nitrogens is 5. The number of fused-ring (bicyclic) bond motifs is 3. The molecule has 0 fully saturated rings. The predicted octanol–water partition coefficient (Wildman–Crippen LogP) is 2.35. The fourth-order valence-corrected chi connectivity index (χ4v) is 2.78. The van der Waals surface area contributed by atoms with Crippen LogP contribution in [0.15, 0.2) is 42.9 Å². The zero-order valence-corrected chi connectivity index (χ0v) is 12.6. The Hall–Kier alpha value is -3.22. The predicted molar refractivity (Wildman–Crippen MR) is 90.1 cm³/mol. The van der Waals surface area contributed by atoms with Crippen LogP contribution in [0.2, 0.25) is 0 Å². The van der Waals surface area contributed by atoms with E-state index in [2.05, 4.69) is 25.3 Å². The van der Waals surface area contributed by atoms with E-state index in [1.807, 2.05) is 35.6 Å². The van der Waals surface area contributed by atoms with Crippen molar-refractivity contribution < 1.29 is 0 Å². The summed E-state index contributed by atoms with van der Waals surface area (Å²) in [5.74, 6) is 1.00. The SMILES string of the molecule is CCNc1nccc(-c2c3cccnc3n3c(N)nccc23)n1. The van der Waals surface area contributed by atoms with Crippen molar-refractivity contribution in [1.82, 2.24) is 24.3 Å². The Morgan fingerprint density at radius 1 is 1.09 bits per heavy atom. The molecule has 114 valence electrons. The van der Waals surface area contributed by atoms with Gasteiger partial charge in [-0.3, -0.25) is 4.40 Å². The first-order valence-electron chi connectivity index (χ1n) is 7.36. The molecular weight excluding hydrogens is 290 g/mol. The first kappa shape index (κ1) is 13.4. The van der Waals surface area contributed by atoms with Gasteiger partial charge >= 0.3 is 0 Å². The average Bonchev–Trinajstić information content (AvgIpc) is 2.91. The highest BCUT2D eigenvalue weighted by Gasteiger charge is 2.17. The van der Waals surface area contributed by atoms with Crippen molar-refractivity contribution in [2.24, 2.45) is 0 Å². The van der Waals surface area contributed by atoms with Gasteiger partial charge in [-0.1, -0.05) is 0 Å². The van der Waals surface area contributed by atoms with Gasteiger partial charge in [0.05, 0.1) is 11.2 Å². The van der Waals surface area contributed by atoms with Crippen molar-refractivity contribution in [2.75, 3.05) is 17.6 Å². The number of nitrogens with two attached hydrogens (primary N) is 1. The van der Waals surface area contributed by atoms with E-state index in [0.717, 1.165) is 34.4 Å². The molecule has 0 atom stereocenters. The molecule has 23 heavy (non-hydrogen) atoms. The van der Waals surface area contributed by atoms with Gasteiger partial charge in [0, 0.05) is 36.1 Å². The molecule has 0 aliphatic rings. The van der Waals surface area contributed by atoms with Crippen molar-refractivity contribution >= 4 is 28.4 Å². The van der Waals surface area contributed by atoms with Crippen molar-refractivity contribution in [2.45, 2.75) is 6.92 Å². The number of pyridine rings is 1. The van der Waals surface area contributed by atoms with Crippen LogP contribution in [0.5, 0.6) is 0 Å². The number of hydrogen-bond donors (Lipinski definition) is 2. The van der Waals surface area contributed by atoms with Crippen LogP contribution in [-0.2, 0) is 0 Å². The maximum Gasteiger partial charge on any atom is 0.223 e. The van der Waals surface area contributed by atoms with Crippen LogP contribution >= 0.6 is 0 Å². The highest BCUT2D eigenvalue weighted by Crippen LogP contribution is 2.34. The fourth-order valence-electron chi connectivity index (χ4n) is 2.78. The van der Waals surface area contributed by atoms with Gasteiger partial charge in [-0.15, -0.1) is 0 Å². The van der Waals surface area contributed by atoms with Crippen LogP contribution in [-0.4, -0.2) is 30.9 Å². The Kier molecular flexibility index (Phi) is 3.04. The maximum absolute atomic E-state index is 6.06. The van der Waals surface area contributed by atoms with E-state index >= 15 is 0 Å². The van der Waals surface area contributed by atoms with Gasteiger partial charge < -0.3 is 11.1 Å². The maximum atomic E-state index is 6.06. The summed E-state index contributed by atoms with van der Waals surface area (Å²) in [7, 11) is 0. The Labute approximate surface area is 132 Å². The third-order valence-electron chi connectivity index (χ3n) is 3.68. The van der Waals surface area contributed by atoms with E-state index in [0.29, 0.717) is 11.9 Å². The topological polar surface area (TPSA) is 94.0 Å². The van der Waals surface area contributed by atoms with Gasteiger partial charge in [0.25, 0.3) is 0 Å². The minimum atomic E-state index is 0.401. The Bertz CT molecular complexity index is 1010. The number of anilines is 2. The molecule has 0 unspecified atom stereocenters. The van der Waals surface area contributed by atoms with Crippen molar-refractivity contribution in [3.8, 4) is 11.3 Å². The molecule has 4 aromatic heterocycles. The molecular formula is C16H15N7. The summed E-state index contributed by atoms with van der Waals surface area (Å²) >= 11 is 0. The largest absolute Gasteiger partial charge is 0.369 e. The van der Waals surface area contributed by atoms with Crippen molar-refractivity contribution in [1.29, 1.82) is 0 Å². The lowest BCUT2D eigenvalue weighted by molar-refractivity contribution is 1.09. The molecule has 0 aromatic carbocycles. The highest BCUT2D eigenvalue weighted by molar-refractivity contribution is 6.03. The second kappa shape index (κ2) is 5.20. The summed E-state index contributed by atoms with van der Waals surface area (Å²) in [5, 5.41) is 4.12. The smallest absolute Gasteiger partial charge is 0.223 e. The molecule has 0 spiro atoms. The summed E-state index contributed by atoms with van der Waals surface area (Å²) in [6, 6.07) is 7.72. The minimum absolute atomic E-state index is 0.401. The quantitative estimate of drug-likeness (QED) is 0.603. The molecule has 4 heterocycles. The second-order valence-electron chi connectivity index (χ2n) is 5.07. The van der Waals surface area contributed by atoms with E-state index in [4.69, 9.17) is 5.73 Å². The molecule has 4 rings (SSSR count).